The highest BCUT2D eigenvalue weighted by molar-refractivity contribution is 7.71. The summed E-state index contributed by atoms with van der Waals surface area (Å²) >= 11 is 7.09. The molecule has 0 saturated heterocycles. The topological polar surface area (TPSA) is 37.8 Å². The molecule has 0 radical (unpaired) electrons. The highest BCUT2D eigenvalue weighted by Crippen LogP contribution is 2.34. The van der Waals surface area contributed by atoms with E-state index in [2.05, 4.69) is 11.9 Å². The van der Waals surface area contributed by atoms with E-state index in [1.54, 1.807) is 15.9 Å². The number of aryl methyl sites for hydroxylation is 2. The molecule has 20 heavy (non-hydrogen) atoms. The Kier molecular flexibility index (Phi) is 4.08. The van der Waals surface area contributed by atoms with Crippen LogP contribution in [-0.2, 0) is 19.4 Å². The van der Waals surface area contributed by atoms with Crippen molar-refractivity contribution in [3.05, 3.63) is 25.6 Å². The number of H-pyrrole nitrogens is 1. The number of nitrogens with zero attached hydrogens (tertiary/aromatic N) is 1. The van der Waals surface area contributed by atoms with Crippen molar-refractivity contribution in [2.75, 3.05) is 0 Å². The highest BCUT2D eigenvalue weighted by Gasteiger charge is 2.21. The van der Waals surface area contributed by atoms with Gasteiger partial charge in [-0.25, -0.2) is 0 Å². The zero-order valence-corrected chi connectivity index (χ0v) is 13.5. The van der Waals surface area contributed by atoms with E-state index in [-0.39, 0.29) is 5.56 Å². The lowest BCUT2D eigenvalue weighted by atomic mass is 10.2. The molecule has 0 saturated carbocycles. The quantitative estimate of drug-likeness (QED) is 0.664. The molecule has 0 unspecified atom stereocenters. The summed E-state index contributed by atoms with van der Waals surface area (Å²) in [5.74, 6) is 0. The number of hydrogen-bond acceptors (Lipinski definition) is 3. The van der Waals surface area contributed by atoms with Crippen LogP contribution in [0.15, 0.2) is 4.79 Å². The molecule has 5 heteroatoms. The summed E-state index contributed by atoms with van der Waals surface area (Å²) < 4.78 is 2.34. The molecule has 0 bridgehead atoms. The molecule has 2 aromatic heterocycles. The molecule has 3 rings (SSSR count). The second kappa shape index (κ2) is 5.82. The zero-order valence-electron chi connectivity index (χ0n) is 11.8. The Morgan fingerprint density at radius 3 is 2.95 bits per heavy atom. The molecule has 1 aliphatic carbocycles. The minimum atomic E-state index is 0.125. The fourth-order valence-electron chi connectivity index (χ4n) is 3.01. The fourth-order valence-corrected chi connectivity index (χ4v) is 4.63. The van der Waals surface area contributed by atoms with Crippen LogP contribution in [-0.4, -0.2) is 9.55 Å². The Morgan fingerprint density at radius 1 is 1.30 bits per heavy atom. The Morgan fingerprint density at radius 2 is 2.15 bits per heavy atom. The van der Waals surface area contributed by atoms with Crippen LogP contribution < -0.4 is 5.56 Å². The van der Waals surface area contributed by atoms with E-state index in [9.17, 15) is 4.79 Å². The molecule has 1 N–H and O–H groups in total. The van der Waals surface area contributed by atoms with Gasteiger partial charge >= 0.3 is 0 Å². The maximum absolute atomic E-state index is 12.7. The van der Waals surface area contributed by atoms with Gasteiger partial charge in [0.25, 0.3) is 5.56 Å². The molecule has 0 spiro atoms. The second-order valence-electron chi connectivity index (χ2n) is 5.51. The summed E-state index contributed by atoms with van der Waals surface area (Å²) in [7, 11) is 0. The number of aromatic nitrogens is 2. The predicted octanol–water partition coefficient (Wildman–Crippen LogP) is 4.19. The minimum Gasteiger partial charge on any atom is -0.323 e. The number of thiophene rings is 1. The van der Waals surface area contributed by atoms with Gasteiger partial charge in [-0.15, -0.1) is 11.3 Å². The largest absolute Gasteiger partial charge is 0.323 e. The summed E-state index contributed by atoms with van der Waals surface area (Å²) in [5.41, 5.74) is 1.41. The van der Waals surface area contributed by atoms with Crippen molar-refractivity contribution < 1.29 is 0 Å². The van der Waals surface area contributed by atoms with Crippen LogP contribution >= 0.6 is 23.6 Å². The van der Waals surface area contributed by atoms with Crippen molar-refractivity contribution in [3.63, 3.8) is 0 Å². The number of aromatic amines is 1. The lowest BCUT2D eigenvalue weighted by molar-refractivity contribution is 0.563. The van der Waals surface area contributed by atoms with Gasteiger partial charge in [0.15, 0.2) is 4.77 Å². The van der Waals surface area contributed by atoms with Crippen molar-refractivity contribution in [2.24, 2.45) is 0 Å². The molecule has 108 valence electrons. The van der Waals surface area contributed by atoms with Crippen LogP contribution in [0, 0.1) is 4.77 Å². The maximum atomic E-state index is 12.7. The Labute approximate surface area is 127 Å². The van der Waals surface area contributed by atoms with E-state index in [0.717, 1.165) is 42.4 Å². The third-order valence-corrected chi connectivity index (χ3v) is 5.61. The zero-order chi connectivity index (χ0) is 14.1. The number of nitrogens with one attached hydrogen (secondary N) is 1. The highest BCUT2D eigenvalue weighted by atomic mass is 32.1. The first-order valence-electron chi connectivity index (χ1n) is 7.49. The molecule has 0 fully saturated rings. The molecule has 0 atom stereocenters. The van der Waals surface area contributed by atoms with Crippen LogP contribution in [0.3, 0.4) is 0 Å². The standard InChI is InChI=1S/C15H20N2OS2/c1-2-3-4-5-9-17-14(18)12-10-7-6-8-11(10)20-13(12)16-15(17)19/h2-9H2,1H3,(H,16,19). The van der Waals surface area contributed by atoms with Crippen LogP contribution in [0.5, 0.6) is 0 Å². The fraction of sp³-hybridized carbons (Fsp3) is 0.600. The van der Waals surface area contributed by atoms with Crippen LogP contribution in [0.25, 0.3) is 10.2 Å². The van der Waals surface area contributed by atoms with Gasteiger partial charge in [0.2, 0.25) is 0 Å². The first-order valence-corrected chi connectivity index (χ1v) is 8.72. The minimum absolute atomic E-state index is 0.125. The molecule has 0 aliphatic heterocycles. The maximum Gasteiger partial charge on any atom is 0.263 e. The van der Waals surface area contributed by atoms with Crippen molar-refractivity contribution in [2.45, 2.75) is 58.4 Å². The van der Waals surface area contributed by atoms with Gasteiger partial charge in [0.1, 0.15) is 4.83 Å². The molecule has 2 aromatic rings. The smallest absolute Gasteiger partial charge is 0.263 e. The second-order valence-corrected chi connectivity index (χ2v) is 7.00. The summed E-state index contributed by atoms with van der Waals surface area (Å²) in [4.78, 5) is 18.3. The van der Waals surface area contributed by atoms with Gasteiger partial charge in [0, 0.05) is 11.4 Å². The molecular formula is C15H20N2OS2. The third-order valence-electron chi connectivity index (χ3n) is 4.08. The number of hydrogen-bond donors (Lipinski definition) is 1. The lowest BCUT2D eigenvalue weighted by Crippen LogP contribution is -2.22. The summed E-state index contributed by atoms with van der Waals surface area (Å²) in [6.45, 7) is 2.94. The normalized spacial score (nSPS) is 14.1. The van der Waals surface area contributed by atoms with Gasteiger partial charge in [-0.2, -0.15) is 0 Å². The first kappa shape index (κ1) is 14.0. The van der Waals surface area contributed by atoms with Crippen molar-refractivity contribution in [1.82, 2.24) is 9.55 Å². The molecular weight excluding hydrogens is 288 g/mol. The van der Waals surface area contributed by atoms with Crippen LogP contribution in [0.1, 0.15) is 49.5 Å². The average molecular weight is 308 g/mol. The van der Waals surface area contributed by atoms with Gasteiger partial charge in [-0.3, -0.25) is 9.36 Å². The molecule has 0 amide bonds. The SMILES string of the molecule is CCCCCCn1c(=S)[nH]c2sc3c(c2c1=O)CCC3. The first-order chi connectivity index (χ1) is 9.72. The van der Waals surface area contributed by atoms with E-state index in [4.69, 9.17) is 12.2 Å². The van der Waals surface area contributed by atoms with Crippen LogP contribution in [0.2, 0.25) is 0 Å². The number of rotatable bonds is 5. The summed E-state index contributed by atoms with van der Waals surface area (Å²) in [5, 5.41) is 0.909. The summed E-state index contributed by atoms with van der Waals surface area (Å²) in [6.07, 6.45) is 7.97. The Balaban J connectivity index is 2.00. The Hall–Kier alpha value is -0.940. The van der Waals surface area contributed by atoms with E-state index < -0.39 is 0 Å². The van der Waals surface area contributed by atoms with E-state index in [1.807, 2.05) is 0 Å². The lowest BCUT2D eigenvalue weighted by Gasteiger charge is -2.06. The van der Waals surface area contributed by atoms with Crippen molar-refractivity contribution in [1.29, 1.82) is 0 Å². The van der Waals surface area contributed by atoms with E-state index in [0.29, 0.717) is 4.77 Å². The number of fused-ring (bicyclic) bond motifs is 3. The molecule has 2 heterocycles. The van der Waals surface area contributed by atoms with Crippen molar-refractivity contribution >= 4 is 33.8 Å². The van der Waals surface area contributed by atoms with E-state index in [1.165, 1.54) is 29.7 Å². The average Bonchev–Trinajstić information content (AvgIpc) is 2.97. The molecule has 3 nitrogen and oxygen atoms in total. The van der Waals surface area contributed by atoms with E-state index >= 15 is 0 Å². The van der Waals surface area contributed by atoms with Gasteiger partial charge in [-0.05, 0) is 43.5 Å². The predicted molar refractivity (Wildman–Crippen MR) is 87.4 cm³/mol. The summed E-state index contributed by atoms with van der Waals surface area (Å²) in [6, 6.07) is 0. The monoisotopic (exact) mass is 308 g/mol. The third kappa shape index (κ3) is 2.37. The van der Waals surface area contributed by atoms with Gasteiger partial charge in [0.05, 0.1) is 5.39 Å². The molecule has 0 aromatic carbocycles. The van der Waals surface area contributed by atoms with Gasteiger partial charge < -0.3 is 4.98 Å². The molecule has 1 aliphatic rings. The van der Waals surface area contributed by atoms with Crippen LogP contribution in [0.4, 0.5) is 0 Å². The van der Waals surface area contributed by atoms with Gasteiger partial charge in [-0.1, -0.05) is 26.2 Å². The van der Waals surface area contributed by atoms with Crippen molar-refractivity contribution in [3.8, 4) is 0 Å². The number of unbranched alkanes of at least 4 members (excludes halogenated alkanes) is 3. The Bertz CT molecular complexity index is 739.